The number of carbonyl (C=O) groups excluding carboxylic acids is 2. The van der Waals surface area contributed by atoms with Crippen molar-refractivity contribution in [2.24, 2.45) is 5.92 Å². The molecule has 0 aliphatic carbocycles. The number of rotatable bonds is 53. The van der Waals surface area contributed by atoms with Crippen LogP contribution in [0.1, 0.15) is 304 Å². The van der Waals surface area contributed by atoms with E-state index in [4.69, 9.17) is 14.2 Å². The monoisotopic (exact) mass is 908 g/mol. The molecule has 0 aromatic carbocycles. The summed E-state index contributed by atoms with van der Waals surface area (Å²) in [6.45, 7) is 13.2. The van der Waals surface area contributed by atoms with E-state index in [-0.39, 0.29) is 24.6 Å². The first-order valence-electron chi connectivity index (χ1n) is 28.8. The van der Waals surface area contributed by atoms with Crippen LogP contribution in [0.4, 0.5) is 4.79 Å². The molecule has 0 fully saturated rings. The first-order chi connectivity index (χ1) is 31.5. The summed E-state index contributed by atoms with van der Waals surface area (Å²) in [7, 11) is 0. The van der Waals surface area contributed by atoms with Crippen molar-refractivity contribution in [2.75, 3.05) is 39.5 Å². The Kier molecular flexibility index (Phi) is 51.5. The highest BCUT2D eigenvalue weighted by molar-refractivity contribution is 5.72. The van der Waals surface area contributed by atoms with Gasteiger partial charge in [0.15, 0.2) is 0 Å². The lowest BCUT2D eigenvalue weighted by molar-refractivity contribution is -0.149. The number of hydrogen-bond donors (Lipinski definition) is 1. The molecule has 1 atom stereocenters. The molecule has 7 heteroatoms. The molecule has 1 N–H and O–H groups in total. The van der Waals surface area contributed by atoms with Gasteiger partial charge in [-0.15, -0.1) is 0 Å². The number of hydrogen-bond acceptors (Lipinski definition) is 7. The van der Waals surface area contributed by atoms with E-state index < -0.39 is 6.16 Å². The van der Waals surface area contributed by atoms with Gasteiger partial charge in [-0.05, 0) is 77.3 Å². The molecule has 7 nitrogen and oxygen atoms in total. The highest BCUT2D eigenvalue weighted by Gasteiger charge is 2.19. The Morgan fingerprint density at radius 2 is 0.688 bits per heavy atom. The van der Waals surface area contributed by atoms with Gasteiger partial charge in [-0.3, -0.25) is 4.79 Å². The van der Waals surface area contributed by atoms with Crippen LogP contribution in [0.15, 0.2) is 0 Å². The molecule has 0 aliphatic rings. The highest BCUT2D eigenvalue weighted by Crippen LogP contribution is 2.22. The predicted molar refractivity (Wildman–Crippen MR) is 275 cm³/mol. The van der Waals surface area contributed by atoms with Gasteiger partial charge in [-0.25, -0.2) is 4.79 Å². The number of unbranched alkanes of at least 4 members (excludes halogenated alkanes) is 33. The van der Waals surface area contributed by atoms with Crippen LogP contribution in [0.5, 0.6) is 0 Å². The van der Waals surface area contributed by atoms with E-state index in [0.29, 0.717) is 13.2 Å². The van der Waals surface area contributed by atoms with Gasteiger partial charge in [-0.1, -0.05) is 240 Å². The largest absolute Gasteiger partial charge is 0.508 e. The summed E-state index contributed by atoms with van der Waals surface area (Å²) < 4.78 is 17.2. The van der Waals surface area contributed by atoms with Crippen LogP contribution in [-0.2, 0) is 19.0 Å². The van der Waals surface area contributed by atoms with Crippen molar-refractivity contribution in [3.05, 3.63) is 0 Å². The smallest absolute Gasteiger partial charge is 0.465 e. The molecule has 0 aromatic heterocycles. The second-order valence-electron chi connectivity index (χ2n) is 19.8. The van der Waals surface area contributed by atoms with E-state index in [1.807, 2.05) is 0 Å². The van der Waals surface area contributed by atoms with Gasteiger partial charge in [0, 0.05) is 6.54 Å². The van der Waals surface area contributed by atoms with E-state index in [2.05, 4.69) is 32.6 Å². The molecule has 0 aromatic rings. The van der Waals surface area contributed by atoms with Crippen molar-refractivity contribution in [1.82, 2.24) is 4.90 Å². The highest BCUT2D eigenvalue weighted by atomic mass is 16.7. The lowest BCUT2D eigenvalue weighted by atomic mass is 9.94. The SMILES string of the molecule is CCCCCCCCCCCC(CCCCCC)OC(=O)OCCCCCCCCN(CCO)CCCCCCCCOC(=O)C(CCCCCCCCC)CCCCCCCCC. The maximum atomic E-state index is 13.1. The Morgan fingerprint density at radius 1 is 0.375 bits per heavy atom. The van der Waals surface area contributed by atoms with Crippen molar-refractivity contribution < 1.29 is 28.9 Å². The van der Waals surface area contributed by atoms with Gasteiger partial charge in [0.2, 0.25) is 0 Å². The zero-order valence-corrected chi connectivity index (χ0v) is 43.7. The molecule has 1 unspecified atom stereocenters. The maximum absolute atomic E-state index is 13.1. The van der Waals surface area contributed by atoms with Gasteiger partial charge in [0.1, 0.15) is 6.10 Å². The van der Waals surface area contributed by atoms with Crippen LogP contribution >= 0.6 is 0 Å². The van der Waals surface area contributed by atoms with E-state index in [1.54, 1.807) is 0 Å². The number of aliphatic hydroxyl groups is 1. The summed E-state index contributed by atoms with van der Waals surface area (Å²) in [4.78, 5) is 28.0. The lowest BCUT2D eigenvalue weighted by Crippen LogP contribution is -2.29. The van der Waals surface area contributed by atoms with Crippen LogP contribution in [-0.4, -0.2) is 67.7 Å². The number of aliphatic hydroxyl groups excluding tert-OH is 1. The van der Waals surface area contributed by atoms with Crippen molar-refractivity contribution in [3.8, 4) is 0 Å². The molecule has 0 radical (unpaired) electrons. The van der Waals surface area contributed by atoms with Crippen molar-refractivity contribution in [1.29, 1.82) is 0 Å². The first-order valence-corrected chi connectivity index (χ1v) is 28.8. The van der Waals surface area contributed by atoms with E-state index in [9.17, 15) is 14.7 Å². The van der Waals surface area contributed by atoms with Gasteiger partial charge in [0.05, 0.1) is 25.7 Å². The molecular weight excluding hydrogens is 795 g/mol. The van der Waals surface area contributed by atoms with E-state index >= 15 is 0 Å². The van der Waals surface area contributed by atoms with Crippen molar-refractivity contribution in [3.63, 3.8) is 0 Å². The third kappa shape index (κ3) is 45.8. The molecule has 0 saturated heterocycles. The minimum Gasteiger partial charge on any atom is -0.465 e. The number of carbonyl (C=O) groups is 2. The Hall–Kier alpha value is -1.34. The van der Waals surface area contributed by atoms with Gasteiger partial charge >= 0.3 is 12.1 Å². The molecule has 382 valence electrons. The quantitative estimate of drug-likeness (QED) is 0.0481. The van der Waals surface area contributed by atoms with Gasteiger partial charge in [0.25, 0.3) is 0 Å². The average Bonchev–Trinajstić information content (AvgIpc) is 3.29. The average molecular weight is 909 g/mol. The Labute approximate surface area is 399 Å². The molecule has 0 heterocycles. The Balaban J connectivity index is 4.11. The molecule has 0 rings (SSSR count). The number of esters is 1. The van der Waals surface area contributed by atoms with Crippen molar-refractivity contribution >= 4 is 12.1 Å². The molecule has 0 saturated carbocycles. The molecule has 0 aliphatic heterocycles. The zero-order chi connectivity index (χ0) is 46.7. The van der Waals surface area contributed by atoms with Crippen LogP contribution in [0.2, 0.25) is 0 Å². The summed E-state index contributed by atoms with van der Waals surface area (Å²) in [5.74, 6) is 0.166. The Morgan fingerprint density at radius 3 is 1.08 bits per heavy atom. The van der Waals surface area contributed by atoms with Gasteiger partial charge < -0.3 is 24.2 Å². The summed E-state index contributed by atoms with van der Waals surface area (Å²) >= 11 is 0. The maximum Gasteiger partial charge on any atom is 0.508 e. The molecule has 0 bridgehead atoms. The van der Waals surface area contributed by atoms with Gasteiger partial charge in [-0.2, -0.15) is 0 Å². The van der Waals surface area contributed by atoms with Crippen molar-refractivity contribution in [2.45, 2.75) is 310 Å². The van der Waals surface area contributed by atoms with Crippen LogP contribution < -0.4 is 0 Å². The Bertz CT molecular complexity index is 914. The van der Waals surface area contributed by atoms with Crippen LogP contribution in [0.25, 0.3) is 0 Å². The van der Waals surface area contributed by atoms with E-state index in [0.717, 1.165) is 103 Å². The minimum absolute atomic E-state index is 0.000475. The third-order valence-electron chi connectivity index (χ3n) is 13.5. The van der Waals surface area contributed by atoms with Crippen LogP contribution in [0.3, 0.4) is 0 Å². The zero-order valence-electron chi connectivity index (χ0n) is 43.7. The van der Waals surface area contributed by atoms with E-state index in [1.165, 1.54) is 193 Å². The summed E-state index contributed by atoms with van der Waals surface area (Å²) in [5.41, 5.74) is 0. The second-order valence-corrected chi connectivity index (χ2v) is 19.8. The number of nitrogens with zero attached hydrogens (tertiary/aromatic N) is 1. The standard InChI is InChI=1S/C57H113NO6/c1-5-9-13-17-20-21-24-31-39-47-55(46-38-16-12-8-4)64-57(61)63-53-43-35-28-26-33-41-49-58(50-51-59)48-40-32-25-27-34-42-52-62-56(60)54(44-36-29-22-18-14-10-6-2)45-37-30-23-19-15-11-7-3/h54-55,59H,5-53H2,1-4H3. The van der Waals surface area contributed by atoms with Crippen LogP contribution in [0, 0.1) is 5.92 Å². The molecule has 0 spiro atoms. The normalized spacial score (nSPS) is 12.1. The predicted octanol–water partition coefficient (Wildman–Crippen LogP) is 17.8. The molecular formula is C57H113NO6. The fourth-order valence-electron chi connectivity index (χ4n) is 9.20. The third-order valence-corrected chi connectivity index (χ3v) is 13.5. The molecule has 0 amide bonds. The number of ether oxygens (including phenoxy) is 3. The minimum atomic E-state index is -0.468. The topological polar surface area (TPSA) is 85.3 Å². The summed E-state index contributed by atoms with van der Waals surface area (Å²) in [6, 6.07) is 0. The molecule has 64 heavy (non-hydrogen) atoms. The summed E-state index contributed by atoms with van der Waals surface area (Å²) in [6.07, 6.45) is 51.8. The second kappa shape index (κ2) is 52.6. The first kappa shape index (κ1) is 62.7. The fourth-order valence-corrected chi connectivity index (χ4v) is 9.20. The lowest BCUT2D eigenvalue weighted by Gasteiger charge is -2.21. The summed E-state index contributed by atoms with van der Waals surface area (Å²) in [5, 5.41) is 9.65. The fraction of sp³-hybridized carbons (Fsp3) is 0.965.